The molecule has 0 saturated carbocycles. The molecule has 1 unspecified atom stereocenters. The first-order valence-electron chi connectivity index (χ1n) is 4.81. The maximum Gasteiger partial charge on any atom is 0.222 e. The van der Waals surface area contributed by atoms with Crippen LogP contribution in [0.3, 0.4) is 0 Å². The number of carbonyl (C=O) groups is 1. The van der Waals surface area contributed by atoms with E-state index in [1.54, 1.807) is 13.3 Å². The molecule has 5 heteroatoms. The van der Waals surface area contributed by atoms with Gasteiger partial charge in [0.1, 0.15) is 11.6 Å². The molecule has 5 nitrogen and oxygen atoms in total. The van der Waals surface area contributed by atoms with E-state index in [1.165, 1.54) is 0 Å². The normalized spacial score (nSPS) is 19.8. The molecule has 15 heavy (non-hydrogen) atoms. The van der Waals surface area contributed by atoms with Gasteiger partial charge in [-0.1, -0.05) is 0 Å². The van der Waals surface area contributed by atoms with Gasteiger partial charge < -0.3 is 15.4 Å². The van der Waals surface area contributed by atoms with Gasteiger partial charge in [0.15, 0.2) is 0 Å². The third-order valence-electron chi connectivity index (χ3n) is 2.30. The highest BCUT2D eigenvalue weighted by molar-refractivity contribution is 5.79. The molecular formula is C10H13N3O2. The lowest BCUT2D eigenvalue weighted by Crippen LogP contribution is -2.22. The van der Waals surface area contributed by atoms with Crippen molar-refractivity contribution in [2.24, 2.45) is 0 Å². The van der Waals surface area contributed by atoms with E-state index in [4.69, 9.17) is 4.74 Å². The van der Waals surface area contributed by atoms with E-state index in [2.05, 4.69) is 15.6 Å². The molecular weight excluding hydrogens is 194 g/mol. The number of amides is 1. The molecule has 1 fully saturated rings. The summed E-state index contributed by atoms with van der Waals surface area (Å²) in [6.07, 6.45) is 2.15. The van der Waals surface area contributed by atoms with Crippen molar-refractivity contribution in [1.29, 1.82) is 0 Å². The number of nitrogens with zero attached hydrogens (tertiary/aromatic N) is 1. The zero-order valence-electron chi connectivity index (χ0n) is 8.49. The summed E-state index contributed by atoms with van der Waals surface area (Å²) in [5, 5.41) is 5.93. The minimum Gasteiger partial charge on any atom is -0.495 e. The summed E-state index contributed by atoms with van der Waals surface area (Å²) < 4.78 is 5.00. The van der Waals surface area contributed by atoms with Gasteiger partial charge in [-0.15, -0.1) is 0 Å². The molecule has 80 valence electrons. The molecule has 0 bridgehead atoms. The summed E-state index contributed by atoms with van der Waals surface area (Å²) in [4.78, 5) is 15.1. The minimum atomic E-state index is 0.0843. The summed E-state index contributed by atoms with van der Waals surface area (Å²) in [5.74, 6) is 1.57. The van der Waals surface area contributed by atoms with E-state index < -0.39 is 0 Å². The first-order valence-corrected chi connectivity index (χ1v) is 4.81. The van der Waals surface area contributed by atoms with E-state index >= 15 is 0 Å². The number of methoxy groups -OCH3 is 1. The van der Waals surface area contributed by atoms with E-state index in [0.717, 1.165) is 11.6 Å². The van der Waals surface area contributed by atoms with Crippen LogP contribution in [0.5, 0.6) is 5.75 Å². The molecule has 1 amide bonds. The Labute approximate surface area is 87.8 Å². The molecule has 1 atom stereocenters. The van der Waals surface area contributed by atoms with E-state index in [-0.39, 0.29) is 11.9 Å². The zero-order valence-corrected chi connectivity index (χ0v) is 8.49. The molecule has 0 aromatic carbocycles. The molecule has 2 heterocycles. The van der Waals surface area contributed by atoms with Gasteiger partial charge in [0.25, 0.3) is 0 Å². The second-order valence-electron chi connectivity index (χ2n) is 3.43. The van der Waals surface area contributed by atoms with Crippen molar-refractivity contribution in [3.8, 4) is 5.75 Å². The highest BCUT2D eigenvalue weighted by Crippen LogP contribution is 2.13. The molecule has 0 spiro atoms. The lowest BCUT2D eigenvalue weighted by Gasteiger charge is -2.10. The number of ether oxygens (including phenoxy) is 1. The minimum absolute atomic E-state index is 0.0843. The van der Waals surface area contributed by atoms with Crippen LogP contribution in [0, 0.1) is 0 Å². The van der Waals surface area contributed by atoms with Gasteiger partial charge in [-0.25, -0.2) is 4.98 Å². The average Bonchev–Trinajstić information content (AvgIpc) is 2.65. The quantitative estimate of drug-likeness (QED) is 0.752. The Balaban J connectivity index is 1.96. The Morgan fingerprint density at radius 2 is 2.47 bits per heavy atom. The monoisotopic (exact) mass is 207 g/mol. The Hall–Kier alpha value is -1.78. The van der Waals surface area contributed by atoms with Crippen molar-refractivity contribution >= 4 is 11.7 Å². The Morgan fingerprint density at radius 3 is 3.00 bits per heavy atom. The summed E-state index contributed by atoms with van der Waals surface area (Å²) in [6.45, 7) is 0.659. The van der Waals surface area contributed by atoms with E-state index in [0.29, 0.717) is 13.0 Å². The molecule has 2 rings (SSSR count). The maximum atomic E-state index is 11.0. The van der Waals surface area contributed by atoms with Crippen LogP contribution in [0.2, 0.25) is 0 Å². The highest BCUT2D eigenvalue weighted by Gasteiger charge is 2.21. The van der Waals surface area contributed by atoms with Crippen LogP contribution < -0.4 is 15.4 Å². The predicted molar refractivity (Wildman–Crippen MR) is 55.8 cm³/mol. The fraction of sp³-hybridized carbons (Fsp3) is 0.400. The Bertz CT molecular complexity index is 350. The lowest BCUT2D eigenvalue weighted by molar-refractivity contribution is -0.119. The summed E-state index contributed by atoms with van der Waals surface area (Å²) in [6, 6.07) is 3.81. The molecule has 0 radical (unpaired) electrons. The predicted octanol–water partition coefficient (Wildman–Crippen LogP) is 0.391. The number of rotatable bonds is 3. The fourth-order valence-electron chi connectivity index (χ4n) is 1.50. The van der Waals surface area contributed by atoms with Crippen LogP contribution >= 0.6 is 0 Å². The number of hydrogen-bond donors (Lipinski definition) is 2. The molecule has 1 aliphatic heterocycles. The average molecular weight is 207 g/mol. The number of aromatic nitrogens is 1. The molecule has 0 aliphatic carbocycles. The van der Waals surface area contributed by atoms with Crippen molar-refractivity contribution in [3.05, 3.63) is 18.3 Å². The standard InChI is InChI=1S/C10H13N3O2/c1-15-8-2-3-9(11-6-8)13-7-4-10(14)12-5-7/h2-3,6-7H,4-5H2,1H3,(H,11,13)(H,12,14). The maximum absolute atomic E-state index is 11.0. The lowest BCUT2D eigenvalue weighted by atomic mass is 10.2. The molecule has 1 aromatic heterocycles. The third-order valence-corrected chi connectivity index (χ3v) is 2.30. The summed E-state index contributed by atoms with van der Waals surface area (Å²) in [5.41, 5.74) is 0. The van der Waals surface area contributed by atoms with Crippen molar-refractivity contribution < 1.29 is 9.53 Å². The largest absolute Gasteiger partial charge is 0.495 e. The van der Waals surface area contributed by atoms with E-state index in [1.807, 2.05) is 12.1 Å². The van der Waals surface area contributed by atoms with Gasteiger partial charge in [0, 0.05) is 13.0 Å². The summed E-state index contributed by atoms with van der Waals surface area (Å²) in [7, 11) is 1.60. The number of pyridine rings is 1. The van der Waals surface area contributed by atoms with Crippen LogP contribution in [0.15, 0.2) is 18.3 Å². The van der Waals surface area contributed by atoms with Crippen molar-refractivity contribution in [2.45, 2.75) is 12.5 Å². The highest BCUT2D eigenvalue weighted by atomic mass is 16.5. The van der Waals surface area contributed by atoms with Crippen molar-refractivity contribution in [1.82, 2.24) is 10.3 Å². The van der Waals surface area contributed by atoms with Gasteiger partial charge in [-0.2, -0.15) is 0 Å². The summed E-state index contributed by atoms with van der Waals surface area (Å²) >= 11 is 0. The number of carbonyl (C=O) groups excluding carboxylic acids is 1. The third kappa shape index (κ3) is 2.37. The number of nitrogens with one attached hydrogen (secondary N) is 2. The van der Waals surface area contributed by atoms with Gasteiger partial charge in [-0.05, 0) is 12.1 Å². The van der Waals surface area contributed by atoms with Crippen LogP contribution in [0.4, 0.5) is 5.82 Å². The number of anilines is 1. The van der Waals surface area contributed by atoms with Crippen LogP contribution in [0.1, 0.15) is 6.42 Å². The molecule has 1 aromatic rings. The zero-order chi connectivity index (χ0) is 10.7. The molecule has 1 aliphatic rings. The van der Waals surface area contributed by atoms with Crippen LogP contribution in [-0.2, 0) is 4.79 Å². The Morgan fingerprint density at radius 1 is 1.60 bits per heavy atom. The van der Waals surface area contributed by atoms with Crippen LogP contribution in [-0.4, -0.2) is 30.6 Å². The van der Waals surface area contributed by atoms with E-state index in [9.17, 15) is 4.79 Å². The smallest absolute Gasteiger partial charge is 0.222 e. The van der Waals surface area contributed by atoms with Gasteiger partial charge in [0.2, 0.25) is 5.91 Å². The first kappa shape index (κ1) is 9.76. The second kappa shape index (κ2) is 4.16. The van der Waals surface area contributed by atoms with Crippen molar-refractivity contribution in [3.63, 3.8) is 0 Å². The molecule has 2 N–H and O–H groups in total. The fourth-order valence-corrected chi connectivity index (χ4v) is 1.50. The molecule has 1 saturated heterocycles. The second-order valence-corrected chi connectivity index (χ2v) is 3.43. The Kier molecular flexibility index (Phi) is 2.71. The van der Waals surface area contributed by atoms with Gasteiger partial charge in [-0.3, -0.25) is 4.79 Å². The SMILES string of the molecule is COc1ccc(NC2CNC(=O)C2)nc1. The van der Waals surface area contributed by atoms with Crippen LogP contribution in [0.25, 0.3) is 0 Å². The van der Waals surface area contributed by atoms with Crippen molar-refractivity contribution in [2.75, 3.05) is 19.0 Å². The van der Waals surface area contributed by atoms with Gasteiger partial charge in [0.05, 0.1) is 19.3 Å². The number of hydrogen-bond acceptors (Lipinski definition) is 4. The van der Waals surface area contributed by atoms with Gasteiger partial charge >= 0.3 is 0 Å². The first-order chi connectivity index (χ1) is 7.28. The topological polar surface area (TPSA) is 63.2 Å².